The van der Waals surface area contributed by atoms with Gasteiger partial charge in [-0.3, -0.25) is 9.69 Å². The molecule has 1 fully saturated rings. The summed E-state index contributed by atoms with van der Waals surface area (Å²) in [7, 11) is 0. The molecule has 0 spiro atoms. The normalized spacial score (nSPS) is 18.0. The quantitative estimate of drug-likeness (QED) is 0.115. The van der Waals surface area contributed by atoms with Gasteiger partial charge in [0.25, 0.3) is 11.5 Å². The molecule has 14 heteroatoms. The van der Waals surface area contributed by atoms with Crippen molar-refractivity contribution in [3.63, 3.8) is 0 Å². The summed E-state index contributed by atoms with van der Waals surface area (Å²) in [5, 5.41) is 31.9. The molecule has 1 heterocycles. The average molecular weight is 607 g/mol. The molecule has 1 unspecified atom stereocenters. The molecular formula is C28H32F6N2O6. The summed E-state index contributed by atoms with van der Waals surface area (Å²) in [6.45, 7) is 4.52. The van der Waals surface area contributed by atoms with Crippen molar-refractivity contribution >= 4 is 11.9 Å². The summed E-state index contributed by atoms with van der Waals surface area (Å²) in [5.74, 6) is -1.44. The van der Waals surface area contributed by atoms with Crippen molar-refractivity contribution in [1.29, 1.82) is 0 Å². The number of alkyl halides is 6. The van der Waals surface area contributed by atoms with E-state index in [9.17, 15) is 51.3 Å². The summed E-state index contributed by atoms with van der Waals surface area (Å²) in [6, 6.07) is 4.28. The Morgan fingerprint density at radius 1 is 0.905 bits per heavy atom. The van der Waals surface area contributed by atoms with Crippen molar-refractivity contribution in [2.24, 2.45) is 0 Å². The van der Waals surface area contributed by atoms with E-state index >= 15 is 0 Å². The second kappa shape index (κ2) is 11.9. The predicted octanol–water partition coefficient (Wildman–Crippen LogP) is 5.55. The van der Waals surface area contributed by atoms with E-state index in [1.807, 2.05) is 0 Å². The first-order chi connectivity index (χ1) is 19.4. The smallest absolute Gasteiger partial charge is 0.430 e. The second-order valence-electron chi connectivity index (χ2n) is 10.2. The van der Waals surface area contributed by atoms with Gasteiger partial charge in [-0.05, 0) is 67.1 Å². The van der Waals surface area contributed by atoms with Crippen molar-refractivity contribution in [2.45, 2.75) is 76.4 Å². The number of benzene rings is 2. The SMILES string of the molecule is CCCc1cc(C(O)(C(F)(F)F)C(F)(F)F)cc(CCC)c1OCCCN1C(=O)NC(C)(c2ccc(O)c(O)c2)C1=O. The molecule has 0 bridgehead atoms. The highest BCUT2D eigenvalue weighted by molar-refractivity contribution is 6.07. The number of phenols is 2. The Labute approximate surface area is 237 Å². The molecule has 4 N–H and O–H groups in total. The van der Waals surface area contributed by atoms with Crippen LogP contribution in [0.2, 0.25) is 0 Å². The number of amides is 3. The lowest BCUT2D eigenvalue weighted by molar-refractivity contribution is -0.376. The lowest BCUT2D eigenvalue weighted by Crippen LogP contribution is -2.54. The number of urea groups is 1. The Morgan fingerprint density at radius 2 is 1.45 bits per heavy atom. The molecule has 0 saturated carbocycles. The van der Waals surface area contributed by atoms with Crippen LogP contribution in [0.5, 0.6) is 17.2 Å². The van der Waals surface area contributed by atoms with Gasteiger partial charge in [0, 0.05) is 12.1 Å². The van der Waals surface area contributed by atoms with Crippen molar-refractivity contribution < 1.29 is 56.0 Å². The Balaban J connectivity index is 1.83. The van der Waals surface area contributed by atoms with E-state index in [1.165, 1.54) is 19.1 Å². The van der Waals surface area contributed by atoms with Gasteiger partial charge in [-0.1, -0.05) is 32.8 Å². The Kier molecular flexibility index (Phi) is 9.30. The van der Waals surface area contributed by atoms with Crippen LogP contribution in [0.15, 0.2) is 30.3 Å². The standard InChI is InChI=1S/C28H32F6N2O6/c1-4-7-16-13-19(26(41,27(29,30)31)28(32,33)34)14-17(8-5-2)22(16)42-12-6-11-36-23(39)25(3,35-24(36)40)18-9-10-20(37)21(38)15-18/h9-10,13-15,37-38,41H,4-8,11-12H2,1-3H3,(H,35,40). The van der Waals surface area contributed by atoms with Crippen molar-refractivity contribution in [3.05, 3.63) is 52.6 Å². The average Bonchev–Trinajstić information content (AvgIpc) is 3.11. The third-order valence-corrected chi connectivity index (χ3v) is 7.12. The number of carbonyl (C=O) groups is 2. The largest absolute Gasteiger partial charge is 0.504 e. The number of aromatic hydroxyl groups is 2. The first-order valence-electron chi connectivity index (χ1n) is 13.2. The number of aliphatic hydroxyl groups is 1. The molecule has 2 aromatic rings. The highest BCUT2D eigenvalue weighted by Gasteiger charge is 2.71. The number of halogens is 6. The first-order valence-corrected chi connectivity index (χ1v) is 13.2. The van der Waals surface area contributed by atoms with Crippen LogP contribution in [0.1, 0.15) is 62.3 Å². The van der Waals surface area contributed by atoms with Gasteiger partial charge in [-0.25, -0.2) is 4.79 Å². The zero-order valence-electron chi connectivity index (χ0n) is 23.1. The highest BCUT2D eigenvalue weighted by Crippen LogP contribution is 2.51. The first kappa shape index (κ1) is 32.8. The van der Waals surface area contributed by atoms with Crippen molar-refractivity contribution in [2.75, 3.05) is 13.2 Å². The van der Waals surface area contributed by atoms with Crippen LogP contribution >= 0.6 is 0 Å². The van der Waals surface area contributed by atoms with Crippen LogP contribution in [-0.4, -0.2) is 57.7 Å². The molecule has 8 nitrogen and oxygen atoms in total. The summed E-state index contributed by atoms with van der Waals surface area (Å²) >= 11 is 0. The molecule has 0 aliphatic carbocycles. The number of carbonyl (C=O) groups excluding carboxylic acids is 2. The molecule has 42 heavy (non-hydrogen) atoms. The third-order valence-electron chi connectivity index (χ3n) is 7.12. The minimum atomic E-state index is -6.03. The van der Waals surface area contributed by atoms with Gasteiger partial charge in [0.2, 0.25) is 0 Å². The number of aryl methyl sites for hydroxylation is 2. The van der Waals surface area contributed by atoms with E-state index in [1.54, 1.807) is 13.8 Å². The van der Waals surface area contributed by atoms with Gasteiger partial charge in [0.1, 0.15) is 11.3 Å². The molecule has 232 valence electrons. The molecule has 2 aromatic carbocycles. The molecule has 3 rings (SSSR count). The number of hydrogen-bond acceptors (Lipinski definition) is 6. The predicted molar refractivity (Wildman–Crippen MR) is 138 cm³/mol. The molecule has 3 amide bonds. The lowest BCUT2D eigenvalue weighted by Gasteiger charge is -2.33. The zero-order valence-corrected chi connectivity index (χ0v) is 23.1. The highest BCUT2D eigenvalue weighted by atomic mass is 19.4. The van der Waals surface area contributed by atoms with Crippen molar-refractivity contribution in [3.8, 4) is 17.2 Å². The van der Waals surface area contributed by atoms with E-state index in [4.69, 9.17) is 4.74 Å². The van der Waals surface area contributed by atoms with E-state index in [-0.39, 0.29) is 54.9 Å². The van der Waals surface area contributed by atoms with Crippen LogP contribution in [-0.2, 0) is 28.8 Å². The topological polar surface area (TPSA) is 119 Å². The fraction of sp³-hybridized carbons (Fsp3) is 0.500. The van der Waals surface area contributed by atoms with Gasteiger partial charge in [-0.15, -0.1) is 0 Å². The lowest BCUT2D eigenvalue weighted by atomic mass is 9.87. The van der Waals surface area contributed by atoms with Crippen LogP contribution in [0.25, 0.3) is 0 Å². The van der Waals surface area contributed by atoms with E-state index in [0.717, 1.165) is 11.0 Å². The minimum Gasteiger partial charge on any atom is -0.504 e. The molecule has 1 aliphatic rings. The van der Waals surface area contributed by atoms with E-state index in [0.29, 0.717) is 25.0 Å². The molecule has 1 aliphatic heterocycles. The Hall–Kier alpha value is -3.68. The number of phenolic OH excluding ortho intramolecular Hbond substituents is 2. The maximum Gasteiger partial charge on any atom is 0.430 e. The van der Waals surface area contributed by atoms with E-state index in [2.05, 4.69) is 5.32 Å². The van der Waals surface area contributed by atoms with Gasteiger partial charge in [0.05, 0.1) is 6.61 Å². The van der Waals surface area contributed by atoms with Crippen LogP contribution in [0.4, 0.5) is 31.1 Å². The second-order valence-corrected chi connectivity index (χ2v) is 10.2. The summed E-state index contributed by atoms with van der Waals surface area (Å²) in [5.41, 5.74) is -7.62. The molecule has 0 aromatic heterocycles. The fourth-order valence-electron chi connectivity index (χ4n) is 4.87. The van der Waals surface area contributed by atoms with Gasteiger partial charge >= 0.3 is 18.4 Å². The van der Waals surface area contributed by atoms with Crippen LogP contribution in [0, 0.1) is 0 Å². The molecule has 1 atom stereocenters. The summed E-state index contributed by atoms with van der Waals surface area (Å²) in [6.07, 6.45) is -11.1. The van der Waals surface area contributed by atoms with Crippen molar-refractivity contribution in [1.82, 2.24) is 10.2 Å². The van der Waals surface area contributed by atoms with Crippen LogP contribution in [0.3, 0.4) is 0 Å². The third kappa shape index (κ3) is 5.94. The monoisotopic (exact) mass is 606 g/mol. The number of hydrogen-bond donors (Lipinski definition) is 4. The van der Waals surface area contributed by atoms with Crippen LogP contribution < -0.4 is 10.1 Å². The minimum absolute atomic E-state index is 0.0556. The molecule has 0 radical (unpaired) electrons. The van der Waals surface area contributed by atoms with Gasteiger partial charge in [0.15, 0.2) is 11.5 Å². The number of imide groups is 1. The molecular weight excluding hydrogens is 574 g/mol. The number of ether oxygens (including phenoxy) is 1. The maximum absolute atomic E-state index is 13.6. The Bertz CT molecular complexity index is 1290. The zero-order chi connectivity index (χ0) is 31.7. The van der Waals surface area contributed by atoms with Gasteiger partial charge in [-0.2, -0.15) is 26.3 Å². The summed E-state index contributed by atoms with van der Waals surface area (Å²) in [4.78, 5) is 26.6. The summed E-state index contributed by atoms with van der Waals surface area (Å²) < 4.78 is 87.4. The number of rotatable bonds is 11. The van der Waals surface area contributed by atoms with E-state index < -0.39 is 52.5 Å². The fourth-order valence-corrected chi connectivity index (χ4v) is 4.87. The number of nitrogens with one attached hydrogen (secondary N) is 1. The Morgan fingerprint density at radius 3 is 1.93 bits per heavy atom. The van der Waals surface area contributed by atoms with Gasteiger partial charge < -0.3 is 25.4 Å². The maximum atomic E-state index is 13.6. The number of nitrogens with zero attached hydrogens (tertiary/aromatic N) is 1. The molecule has 1 saturated heterocycles.